The van der Waals surface area contributed by atoms with Crippen LogP contribution in [0, 0.1) is 0 Å². The van der Waals surface area contributed by atoms with Crippen LogP contribution in [0.5, 0.6) is 0 Å². The van der Waals surface area contributed by atoms with Gasteiger partial charge in [-0.05, 0) is 12.1 Å². The number of aldehydes is 1. The summed E-state index contributed by atoms with van der Waals surface area (Å²) in [6.07, 6.45) is 5.70. The van der Waals surface area contributed by atoms with E-state index in [1.807, 2.05) is 35.0 Å². The van der Waals surface area contributed by atoms with Crippen LogP contribution in [0.2, 0.25) is 0 Å². The number of hydrazine groups is 1. The minimum Gasteiger partial charge on any atom is -0.395 e. The van der Waals surface area contributed by atoms with E-state index in [1.165, 1.54) is 11.2 Å². The third kappa shape index (κ3) is 2.61. The number of fused-ring (bicyclic) bond motifs is 1. The highest BCUT2D eigenvalue weighted by Crippen LogP contribution is 2.06. The standard InChI is InChI=1S/C11H13N5O/c12-9(8-17)5-16(13)7-10-6-15-4-2-1-3-11(15)14-10/h1-6,8H,7,12-13H2/b9-5-. The predicted octanol–water partition coefficient (Wildman–Crippen LogP) is 0.00900. The molecule has 4 N–H and O–H groups in total. The third-order valence-electron chi connectivity index (χ3n) is 2.21. The zero-order valence-electron chi connectivity index (χ0n) is 9.15. The number of allylic oxidation sites excluding steroid dienone is 1. The number of rotatable bonds is 4. The minimum atomic E-state index is 0.0799. The molecule has 0 saturated carbocycles. The van der Waals surface area contributed by atoms with E-state index >= 15 is 0 Å². The van der Waals surface area contributed by atoms with Gasteiger partial charge in [0.15, 0.2) is 6.29 Å². The summed E-state index contributed by atoms with van der Waals surface area (Å²) >= 11 is 0. The van der Waals surface area contributed by atoms with E-state index in [2.05, 4.69) is 4.98 Å². The fourth-order valence-corrected chi connectivity index (χ4v) is 1.52. The van der Waals surface area contributed by atoms with Gasteiger partial charge in [0.05, 0.1) is 17.9 Å². The van der Waals surface area contributed by atoms with E-state index in [0.717, 1.165) is 11.3 Å². The highest BCUT2D eigenvalue weighted by molar-refractivity contribution is 5.71. The predicted molar refractivity (Wildman–Crippen MR) is 63.3 cm³/mol. The average molecular weight is 231 g/mol. The summed E-state index contributed by atoms with van der Waals surface area (Å²) in [6.45, 7) is 0.385. The van der Waals surface area contributed by atoms with Gasteiger partial charge in [-0.1, -0.05) is 6.07 Å². The first kappa shape index (κ1) is 11.2. The second-order valence-corrected chi connectivity index (χ2v) is 3.62. The number of nitrogens with two attached hydrogens (primary N) is 2. The molecule has 0 aliphatic heterocycles. The molecular weight excluding hydrogens is 218 g/mol. The monoisotopic (exact) mass is 231 g/mol. The van der Waals surface area contributed by atoms with Gasteiger partial charge in [0.1, 0.15) is 5.65 Å². The van der Waals surface area contributed by atoms with Gasteiger partial charge in [0, 0.05) is 18.6 Å². The second kappa shape index (κ2) is 4.67. The third-order valence-corrected chi connectivity index (χ3v) is 2.21. The molecule has 0 saturated heterocycles. The van der Waals surface area contributed by atoms with Crippen molar-refractivity contribution in [2.75, 3.05) is 0 Å². The highest BCUT2D eigenvalue weighted by Gasteiger charge is 2.03. The largest absolute Gasteiger partial charge is 0.395 e. The maximum atomic E-state index is 10.3. The second-order valence-electron chi connectivity index (χ2n) is 3.62. The first-order chi connectivity index (χ1) is 8.19. The maximum Gasteiger partial charge on any atom is 0.167 e. The van der Waals surface area contributed by atoms with Crippen LogP contribution >= 0.6 is 0 Å². The lowest BCUT2D eigenvalue weighted by Gasteiger charge is -2.11. The smallest absolute Gasteiger partial charge is 0.167 e. The Kier molecular flexibility index (Phi) is 3.06. The number of hydrogen-bond donors (Lipinski definition) is 2. The molecule has 0 aliphatic rings. The van der Waals surface area contributed by atoms with Gasteiger partial charge < -0.3 is 15.1 Å². The summed E-state index contributed by atoms with van der Waals surface area (Å²) in [4.78, 5) is 14.7. The number of imidazole rings is 1. The van der Waals surface area contributed by atoms with Crippen LogP contribution in [0.15, 0.2) is 42.5 Å². The Bertz CT molecular complexity index is 527. The van der Waals surface area contributed by atoms with Crippen LogP contribution in [0.25, 0.3) is 5.65 Å². The van der Waals surface area contributed by atoms with Crippen LogP contribution in [0.1, 0.15) is 5.69 Å². The first-order valence-electron chi connectivity index (χ1n) is 5.05. The van der Waals surface area contributed by atoms with Gasteiger partial charge in [-0.25, -0.2) is 10.8 Å². The molecule has 2 aromatic heterocycles. The summed E-state index contributed by atoms with van der Waals surface area (Å²) < 4.78 is 1.90. The van der Waals surface area contributed by atoms with Gasteiger partial charge in [0.2, 0.25) is 0 Å². The van der Waals surface area contributed by atoms with Crippen molar-refractivity contribution >= 4 is 11.9 Å². The molecule has 0 spiro atoms. The highest BCUT2D eigenvalue weighted by atomic mass is 16.1. The summed E-state index contributed by atoms with van der Waals surface area (Å²) in [6, 6.07) is 5.74. The zero-order chi connectivity index (χ0) is 12.3. The van der Waals surface area contributed by atoms with Crippen molar-refractivity contribution < 1.29 is 4.79 Å². The van der Waals surface area contributed by atoms with Crippen molar-refractivity contribution in [3.8, 4) is 0 Å². The van der Waals surface area contributed by atoms with Gasteiger partial charge in [-0.15, -0.1) is 0 Å². The van der Waals surface area contributed by atoms with E-state index in [9.17, 15) is 4.79 Å². The summed E-state index contributed by atoms with van der Waals surface area (Å²) in [5.74, 6) is 5.67. The van der Waals surface area contributed by atoms with Crippen molar-refractivity contribution in [1.82, 2.24) is 14.4 Å². The molecule has 6 heteroatoms. The maximum absolute atomic E-state index is 10.3. The first-order valence-corrected chi connectivity index (χ1v) is 5.05. The molecule has 0 unspecified atom stereocenters. The molecule has 2 aromatic rings. The molecule has 0 amide bonds. The van der Waals surface area contributed by atoms with Gasteiger partial charge in [-0.2, -0.15) is 0 Å². The Balaban J connectivity index is 2.16. The van der Waals surface area contributed by atoms with Gasteiger partial charge in [0.25, 0.3) is 0 Å². The summed E-state index contributed by atoms with van der Waals surface area (Å²) in [7, 11) is 0. The zero-order valence-corrected chi connectivity index (χ0v) is 9.15. The molecule has 0 aliphatic carbocycles. The Morgan fingerprint density at radius 3 is 3.06 bits per heavy atom. The topological polar surface area (TPSA) is 89.7 Å². The number of nitrogens with zero attached hydrogens (tertiary/aromatic N) is 3. The Hall–Kier alpha value is -2.34. The lowest BCUT2D eigenvalue weighted by molar-refractivity contribution is -0.105. The summed E-state index contributed by atoms with van der Waals surface area (Å²) in [5.41, 5.74) is 7.08. The lowest BCUT2D eigenvalue weighted by Crippen LogP contribution is -2.26. The molecule has 0 bridgehead atoms. The van der Waals surface area contributed by atoms with Gasteiger partial charge in [-0.3, -0.25) is 4.79 Å². The van der Waals surface area contributed by atoms with Crippen LogP contribution in [-0.2, 0) is 11.3 Å². The molecule has 0 aromatic carbocycles. The van der Waals surface area contributed by atoms with Crippen molar-refractivity contribution in [2.24, 2.45) is 11.6 Å². The molecule has 0 atom stereocenters. The van der Waals surface area contributed by atoms with Crippen molar-refractivity contribution in [3.05, 3.63) is 48.2 Å². The molecule has 0 radical (unpaired) electrons. The van der Waals surface area contributed by atoms with E-state index in [-0.39, 0.29) is 5.70 Å². The fraction of sp³-hybridized carbons (Fsp3) is 0.0909. The molecular formula is C11H13N5O. The lowest BCUT2D eigenvalue weighted by atomic mass is 10.4. The molecule has 6 nitrogen and oxygen atoms in total. The van der Waals surface area contributed by atoms with E-state index in [0.29, 0.717) is 12.8 Å². The van der Waals surface area contributed by atoms with Crippen LogP contribution < -0.4 is 11.6 Å². The SMILES string of the molecule is N/C(C=O)=C\N(N)Cc1cn2ccccc2n1. The van der Waals surface area contributed by atoms with E-state index < -0.39 is 0 Å². The number of pyridine rings is 1. The quantitative estimate of drug-likeness (QED) is 0.335. The fourth-order valence-electron chi connectivity index (χ4n) is 1.52. The molecule has 2 rings (SSSR count). The van der Waals surface area contributed by atoms with E-state index in [4.69, 9.17) is 11.6 Å². The number of hydrogen-bond acceptors (Lipinski definition) is 5. The van der Waals surface area contributed by atoms with Gasteiger partial charge >= 0.3 is 0 Å². The average Bonchev–Trinajstić information content (AvgIpc) is 2.70. The van der Waals surface area contributed by atoms with Crippen molar-refractivity contribution in [3.63, 3.8) is 0 Å². The molecule has 17 heavy (non-hydrogen) atoms. The molecule has 2 heterocycles. The molecule has 88 valence electrons. The van der Waals surface area contributed by atoms with E-state index in [1.54, 1.807) is 0 Å². The number of aromatic nitrogens is 2. The number of carbonyl (C=O) groups excluding carboxylic acids is 1. The number of carbonyl (C=O) groups is 1. The van der Waals surface area contributed by atoms with Crippen LogP contribution in [0.3, 0.4) is 0 Å². The van der Waals surface area contributed by atoms with Crippen molar-refractivity contribution in [1.29, 1.82) is 0 Å². The van der Waals surface area contributed by atoms with Crippen LogP contribution in [0.4, 0.5) is 0 Å². The Morgan fingerprint density at radius 2 is 2.35 bits per heavy atom. The van der Waals surface area contributed by atoms with Crippen LogP contribution in [-0.4, -0.2) is 20.7 Å². The van der Waals surface area contributed by atoms with Crippen molar-refractivity contribution in [2.45, 2.75) is 6.54 Å². The summed E-state index contributed by atoms with van der Waals surface area (Å²) in [5, 5.41) is 1.32. The Labute approximate surface area is 98.1 Å². The normalized spacial score (nSPS) is 11.7. The Morgan fingerprint density at radius 1 is 1.53 bits per heavy atom. The minimum absolute atomic E-state index is 0.0799. The molecule has 0 fully saturated rings.